The van der Waals surface area contributed by atoms with Crippen molar-refractivity contribution < 1.29 is 19.1 Å². The third-order valence-electron chi connectivity index (χ3n) is 6.22. The number of nitrogens with zero attached hydrogens (tertiary/aromatic N) is 4. The van der Waals surface area contributed by atoms with Gasteiger partial charge in [0.2, 0.25) is 5.91 Å². The first-order valence-electron chi connectivity index (χ1n) is 12.2. The van der Waals surface area contributed by atoms with E-state index in [0.717, 1.165) is 30.2 Å². The van der Waals surface area contributed by atoms with Gasteiger partial charge in [-0.2, -0.15) is 0 Å². The summed E-state index contributed by atoms with van der Waals surface area (Å²) in [6.45, 7) is 6.89. The maximum Gasteiger partial charge on any atom is 0.308 e. The molecule has 37 heavy (non-hydrogen) atoms. The third kappa shape index (κ3) is 5.40. The summed E-state index contributed by atoms with van der Waals surface area (Å²) in [5, 5.41) is 2.78. The standard InChI is InChI=1S/C25H29N5O5S2/c1-4-6-10-30-24(34)18(37-25(30)36)13-16-21(27-20-15(3)8-7-11-29(20)23(16)33)28-12-9-26-22(32)17(28)14-19(31)35-5-2/h7-8,11,13,17H,4-6,9-10,12,14H2,1-3H3,(H,26,32)/b18-13-. The summed E-state index contributed by atoms with van der Waals surface area (Å²) >= 11 is 6.57. The van der Waals surface area contributed by atoms with Gasteiger partial charge in [-0.25, -0.2) is 4.98 Å². The number of pyridine rings is 1. The molecule has 2 aromatic heterocycles. The number of piperazine rings is 1. The van der Waals surface area contributed by atoms with Gasteiger partial charge in [0.05, 0.1) is 23.5 Å². The van der Waals surface area contributed by atoms with Crippen molar-refractivity contribution in [3.63, 3.8) is 0 Å². The predicted octanol–water partition coefficient (Wildman–Crippen LogP) is 2.26. The number of aryl methyl sites for hydroxylation is 1. The van der Waals surface area contributed by atoms with Crippen LogP contribution in [0, 0.1) is 6.92 Å². The Morgan fingerprint density at radius 2 is 2.11 bits per heavy atom. The highest BCUT2D eigenvalue weighted by Crippen LogP contribution is 2.34. The summed E-state index contributed by atoms with van der Waals surface area (Å²) in [5.74, 6) is -0.908. The maximum absolute atomic E-state index is 13.8. The molecule has 2 amide bonds. The molecule has 2 fully saturated rings. The smallest absolute Gasteiger partial charge is 0.308 e. The van der Waals surface area contributed by atoms with E-state index in [-0.39, 0.29) is 41.8 Å². The Kier molecular flexibility index (Phi) is 8.28. The van der Waals surface area contributed by atoms with Crippen molar-refractivity contribution in [2.45, 2.75) is 46.1 Å². The van der Waals surface area contributed by atoms with Gasteiger partial charge in [0.1, 0.15) is 21.8 Å². The largest absolute Gasteiger partial charge is 0.466 e. The number of nitrogens with one attached hydrogen (secondary N) is 1. The minimum atomic E-state index is -0.919. The van der Waals surface area contributed by atoms with E-state index < -0.39 is 12.0 Å². The molecule has 2 aromatic rings. The van der Waals surface area contributed by atoms with E-state index in [9.17, 15) is 19.2 Å². The number of hydrogen-bond donors (Lipinski definition) is 1. The highest BCUT2D eigenvalue weighted by Gasteiger charge is 2.36. The fourth-order valence-corrected chi connectivity index (χ4v) is 5.63. The summed E-state index contributed by atoms with van der Waals surface area (Å²) in [6.07, 6.45) is 4.65. The number of thiocarbonyl (C=S) groups is 1. The second-order valence-corrected chi connectivity index (χ2v) is 10.4. The SMILES string of the molecule is CCCCN1C(=O)/C(=C/c2c(N3CCNC(=O)C3CC(=O)OCC)nc3c(C)cccn3c2=O)SC1=S. The van der Waals surface area contributed by atoms with Crippen molar-refractivity contribution in [1.82, 2.24) is 19.6 Å². The number of ether oxygens (including phenoxy) is 1. The van der Waals surface area contributed by atoms with Crippen LogP contribution < -0.4 is 15.8 Å². The molecule has 2 aliphatic rings. The molecule has 196 valence electrons. The quantitative estimate of drug-likeness (QED) is 0.304. The third-order valence-corrected chi connectivity index (χ3v) is 7.59. The first-order valence-corrected chi connectivity index (χ1v) is 13.5. The van der Waals surface area contributed by atoms with Gasteiger partial charge < -0.3 is 15.0 Å². The number of esters is 1. The average Bonchev–Trinajstić information content (AvgIpc) is 3.13. The lowest BCUT2D eigenvalue weighted by Crippen LogP contribution is -2.57. The molecular weight excluding hydrogens is 514 g/mol. The molecule has 0 aliphatic carbocycles. The van der Waals surface area contributed by atoms with Gasteiger partial charge in [0.25, 0.3) is 11.5 Å². The monoisotopic (exact) mass is 543 g/mol. The Balaban J connectivity index is 1.87. The highest BCUT2D eigenvalue weighted by atomic mass is 32.2. The minimum Gasteiger partial charge on any atom is -0.466 e. The fourth-order valence-electron chi connectivity index (χ4n) is 4.33. The molecule has 2 aliphatic heterocycles. The lowest BCUT2D eigenvalue weighted by molar-refractivity contribution is -0.145. The Morgan fingerprint density at radius 1 is 1.32 bits per heavy atom. The topological polar surface area (TPSA) is 113 Å². The molecule has 4 heterocycles. The van der Waals surface area contributed by atoms with E-state index in [1.165, 1.54) is 10.5 Å². The van der Waals surface area contributed by atoms with Gasteiger partial charge in [-0.15, -0.1) is 0 Å². The summed E-state index contributed by atoms with van der Waals surface area (Å²) in [7, 11) is 0. The second kappa shape index (κ2) is 11.4. The van der Waals surface area contributed by atoms with Gasteiger partial charge in [-0.1, -0.05) is 43.4 Å². The zero-order chi connectivity index (χ0) is 26.7. The average molecular weight is 544 g/mol. The Labute approximate surface area is 224 Å². The Bertz CT molecular complexity index is 1350. The van der Waals surface area contributed by atoms with Crippen LogP contribution in [0.3, 0.4) is 0 Å². The van der Waals surface area contributed by atoms with Gasteiger partial charge in [0, 0.05) is 25.8 Å². The van der Waals surface area contributed by atoms with Crippen LogP contribution in [0.1, 0.15) is 44.2 Å². The molecule has 0 saturated carbocycles. The van der Waals surface area contributed by atoms with Gasteiger partial charge in [-0.05, 0) is 38.0 Å². The van der Waals surface area contributed by atoms with Crippen LogP contribution in [-0.2, 0) is 19.1 Å². The van der Waals surface area contributed by atoms with E-state index in [1.807, 2.05) is 19.9 Å². The number of unbranched alkanes of at least 4 members (excludes halogenated alkanes) is 1. The lowest BCUT2D eigenvalue weighted by Gasteiger charge is -2.36. The number of hydrogen-bond acceptors (Lipinski definition) is 9. The van der Waals surface area contributed by atoms with E-state index in [4.69, 9.17) is 21.9 Å². The normalized spacial score (nSPS) is 19.2. The van der Waals surface area contributed by atoms with Crippen LogP contribution >= 0.6 is 24.0 Å². The van der Waals surface area contributed by atoms with E-state index >= 15 is 0 Å². The molecule has 0 spiro atoms. The Morgan fingerprint density at radius 3 is 2.84 bits per heavy atom. The van der Waals surface area contributed by atoms with Crippen molar-refractivity contribution in [3.8, 4) is 0 Å². The predicted molar refractivity (Wildman–Crippen MR) is 146 cm³/mol. The van der Waals surface area contributed by atoms with E-state index in [1.54, 1.807) is 29.0 Å². The first-order chi connectivity index (χ1) is 17.8. The van der Waals surface area contributed by atoms with Gasteiger partial charge in [0.15, 0.2) is 0 Å². The van der Waals surface area contributed by atoms with Crippen molar-refractivity contribution in [2.75, 3.05) is 31.1 Å². The molecule has 2 saturated heterocycles. The van der Waals surface area contributed by atoms with Gasteiger partial charge >= 0.3 is 5.97 Å². The van der Waals surface area contributed by atoms with Crippen molar-refractivity contribution in [1.29, 1.82) is 0 Å². The zero-order valence-corrected chi connectivity index (χ0v) is 22.6. The first kappa shape index (κ1) is 26.8. The summed E-state index contributed by atoms with van der Waals surface area (Å²) in [6, 6.07) is 2.66. The molecule has 12 heteroatoms. The van der Waals surface area contributed by atoms with Crippen LogP contribution in [0.25, 0.3) is 11.7 Å². The number of anilines is 1. The van der Waals surface area contributed by atoms with Crippen LogP contribution in [0.4, 0.5) is 5.82 Å². The van der Waals surface area contributed by atoms with Crippen molar-refractivity contribution in [2.24, 2.45) is 0 Å². The van der Waals surface area contributed by atoms with Crippen LogP contribution in [-0.4, -0.2) is 68.7 Å². The van der Waals surface area contributed by atoms with Crippen molar-refractivity contribution >= 4 is 63.6 Å². The number of aromatic nitrogens is 2. The molecule has 1 N–H and O–H groups in total. The molecule has 4 rings (SSSR count). The highest BCUT2D eigenvalue weighted by molar-refractivity contribution is 8.26. The number of carbonyl (C=O) groups is 3. The Hall–Kier alpha value is -3.25. The van der Waals surface area contributed by atoms with Gasteiger partial charge in [-0.3, -0.25) is 28.5 Å². The zero-order valence-electron chi connectivity index (χ0n) is 21.0. The van der Waals surface area contributed by atoms with Crippen molar-refractivity contribution in [3.05, 3.63) is 44.7 Å². The van der Waals surface area contributed by atoms with Crippen LogP contribution in [0.15, 0.2) is 28.0 Å². The number of rotatable bonds is 8. The maximum atomic E-state index is 13.8. The van der Waals surface area contributed by atoms with Crippen LogP contribution in [0.5, 0.6) is 0 Å². The summed E-state index contributed by atoms with van der Waals surface area (Å²) < 4.78 is 6.95. The van der Waals surface area contributed by atoms with Crippen LogP contribution in [0.2, 0.25) is 0 Å². The lowest BCUT2D eigenvalue weighted by atomic mass is 10.1. The molecule has 1 unspecified atom stereocenters. The number of thioether (sulfide) groups is 1. The number of fused-ring (bicyclic) bond motifs is 1. The number of amides is 2. The molecule has 0 radical (unpaired) electrons. The summed E-state index contributed by atoms with van der Waals surface area (Å²) in [5.41, 5.74) is 0.962. The second-order valence-electron chi connectivity index (χ2n) is 8.74. The minimum absolute atomic E-state index is 0.155. The molecule has 10 nitrogen and oxygen atoms in total. The number of carbonyl (C=O) groups excluding carboxylic acids is 3. The fraction of sp³-hybridized carbons (Fsp3) is 0.440. The molecule has 0 aromatic carbocycles. The van der Waals surface area contributed by atoms with E-state index in [2.05, 4.69) is 5.32 Å². The summed E-state index contributed by atoms with van der Waals surface area (Å²) in [4.78, 5) is 60.5. The molecule has 0 bridgehead atoms. The molecule has 1 atom stereocenters. The van der Waals surface area contributed by atoms with E-state index in [0.29, 0.717) is 34.5 Å². The molecular formula is C25H29N5O5S2.